The van der Waals surface area contributed by atoms with Crippen LogP contribution in [0.5, 0.6) is 0 Å². The number of ether oxygens (including phenoxy) is 5. The first-order valence-electron chi connectivity index (χ1n) is 11.0. The highest BCUT2D eigenvalue weighted by atomic mass is 16.7. The highest BCUT2D eigenvalue weighted by molar-refractivity contribution is 4.95. The molecule has 0 amide bonds. The van der Waals surface area contributed by atoms with Gasteiger partial charge in [-0.05, 0) is 0 Å². The average molecular weight is 505 g/mol. The van der Waals surface area contributed by atoms with Gasteiger partial charge < -0.3 is 81.7 Å². The number of rotatable bonds is 7. The molecule has 0 aromatic heterocycles. The summed E-state index contributed by atoms with van der Waals surface area (Å²) in [5.41, 5.74) is 11.2. The van der Waals surface area contributed by atoms with E-state index in [0.29, 0.717) is 0 Å². The quantitative estimate of drug-likeness (QED) is 0.154. The molecule has 0 spiro atoms. The summed E-state index contributed by atoms with van der Waals surface area (Å²) in [6, 6.07) is -3.03. The van der Waals surface area contributed by atoms with Gasteiger partial charge in [-0.15, -0.1) is 0 Å². The van der Waals surface area contributed by atoms with E-state index in [9.17, 15) is 40.9 Å². The normalized spacial score (nSPS) is 52.5. The molecule has 0 bridgehead atoms. The van der Waals surface area contributed by atoms with Gasteiger partial charge in [-0.1, -0.05) is 0 Å². The van der Waals surface area contributed by atoms with Crippen LogP contribution in [0.2, 0.25) is 0 Å². The second-order valence-electron chi connectivity index (χ2n) is 8.85. The van der Waals surface area contributed by atoms with Crippen molar-refractivity contribution >= 4 is 0 Å². The Kier molecular flexibility index (Phi) is 9.54. The monoisotopic (exact) mass is 504 g/mol. The van der Waals surface area contributed by atoms with Crippen molar-refractivity contribution in [3.8, 4) is 0 Å². The molecule has 0 aliphatic carbocycles. The zero-order valence-electron chi connectivity index (χ0n) is 18.5. The van der Waals surface area contributed by atoms with Crippen LogP contribution >= 0.6 is 0 Å². The summed E-state index contributed by atoms with van der Waals surface area (Å²) in [4.78, 5) is 0. The summed E-state index contributed by atoms with van der Waals surface area (Å²) in [5.74, 6) is 0. The maximum Gasteiger partial charge on any atom is 0.214 e. The molecule has 3 aliphatic heterocycles. The minimum absolute atomic E-state index is 0.595. The third-order valence-electron chi connectivity index (χ3n) is 6.57. The Labute approximate surface area is 194 Å². The molecule has 16 nitrogen and oxygen atoms in total. The van der Waals surface area contributed by atoms with Crippen molar-refractivity contribution < 1.29 is 81.7 Å². The molecule has 0 unspecified atom stereocenters. The molecular weight excluding hydrogens is 466 g/mol. The Morgan fingerprint density at radius 3 is 1.44 bits per heavy atom. The molecule has 34 heavy (non-hydrogen) atoms. The Hall–Kier alpha value is -0.640. The third-order valence-corrected chi connectivity index (χ3v) is 6.57. The van der Waals surface area contributed by atoms with Crippen molar-refractivity contribution in [3.63, 3.8) is 0 Å². The number of quaternary nitrogens is 3. The van der Waals surface area contributed by atoms with E-state index in [0.717, 1.165) is 0 Å². The predicted octanol–water partition coefficient (Wildman–Crippen LogP) is -9.82. The van der Waals surface area contributed by atoms with Gasteiger partial charge in [0.2, 0.25) is 18.9 Å². The molecule has 3 saturated heterocycles. The van der Waals surface area contributed by atoms with Gasteiger partial charge in [0.05, 0.1) is 19.8 Å². The zero-order valence-corrected chi connectivity index (χ0v) is 18.5. The van der Waals surface area contributed by atoms with Crippen LogP contribution in [0.1, 0.15) is 0 Å². The van der Waals surface area contributed by atoms with Crippen LogP contribution in [-0.2, 0) is 23.7 Å². The molecule has 15 atom stereocenters. The second kappa shape index (κ2) is 11.6. The van der Waals surface area contributed by atoms with Crippen LogP contribution in [-0.4, -0.2) is 153 Å². The lowest BCUT2D eigenvalue weighted by molar-refractivity contribution is -0.532. The predicted molar refractivity (Wildman–Crippen MR) is 103 cm³/mol. The molecule has 0 radical (unpaired) electrons. The van der Waals surface area contributed by atoms with Gasteiger partial charge in [0.1, 0.15) is 54.9 Å². The minimum atomic E-state index is -1.42. The molecular formula is C18H38N3O13+3. The van der Waals surface area contributed by atoms with Crippen molar-refractivity contribution in [1.82, 2.24) is 0 Å². The van der Waals surface area contributed by atoms with Gasteiger partial charge in [0.25, 0.3) is 0 Å². The summed E-state index contributed by atoms with van der Waals surface area (Å²) in [6.45, 7) is -1.84. The van der Waals surface area contributed by atoms with E-state index in [2.05, 4.69) is 17.2 Å². The van der Waals surface area contributed by atoms with E-state index >= 15 is 0 Å². The van der Waals surface area contributed by atoms with Crippen LogP contribution in [0.3, 0.4) is 0 Å². The first-order valence-corrected chi connectivity index (χ1v) is 11.0. The van der Waals surface area contributed by atoms with Crippen LogP contribution in [0, 0.1) is 0 Å². The van der Waals surface area contributed by atoms with Crippen molar-refractivity contribution in [2.24, 2.45) is 0 Å². The lowest BCUT2D eigenvalue weighted by atomic mass is 9.94. The molecule has 0 aromatic carbocycles. The smallest absolute Gasteiger partial charge is 0.214 e. The number of aliphatic hydroxyl groups excluding tert-OH is 8. The first kappa shape index (κ1) is 27.9. The van der Waals surface area contributed by atoms with E-state index in [1.165, 1.54) is 0 Å². The summed E-state index contributed by atoms with van der Waals surface area (Å²) in [6.07, 6.45) is -15.4. The van der Waals surface area contributed by atoms with E-state index in [-0.39, 0.29) is 0 Å². The largest absolute Gasteiger partial charge is 0.394 e. The van der Waals surface area contributed by atoms with E-state index in [4.69, 9.17) is 23.7 Å². The minimum Gasteiger partial charge on any atom is -0.394 e. The summed E-state index contributed by atoms with van der Waals surface area (Å²) in [5, 5.41) is 80.2. The Morgan fingerprint density at radius 2 is 0.941 bits per heavy atom. The maximum absolute atomic E-state index is 10.9. The number of hydrogen-bond donors (Lipinski definition) is 11. The van der Waals surface area contributed by atoms with Crippen molar-refractivity contribution in [2.45, 2.75) is 91.9 Å². The Bertz CT molecular complexity index is 646. The van der Waals surface area contributed by atoms with Crippen molar-refractivity contribution in [2.75, 3.05) is 19.8 Å². The van der Waals surface area contributed by atoms with E-state index < -0.39 is 112 Å². The van der Waals surface area contributed by atoms with Gasteiger partial charge in [0, 0.05) is 0 Å². The second-order valence-corrected chi connectivity index (χ2v) is 8.85. The highest BCUT2D eigenvalue weighted by Gasteiger charge is 2.54. The van der Waals surface area contributed by atoms with Crippen molar-refractivity contribution in [1.29, 1.82) is 0 Å². The first-order chi connectivity index (χ1) is 16.0. The Balaban J connectivity index is 1.72. The van der Waals surface area contributed by atoms with Crippen LogP contribution < -0.4 is 17.2 Å². The molecule has 3 aliphatic rings. The molecule has 3 rings (SSSR count). The third kappa shape index (κ3) is 5.37. The molecule has 0 saturated carbocycles. The topological polar surface area (TPSA) is 291 Å². The average Bonchev–Trinajstić information content (AvgIpc) is 2.83. The zero-order chi connectivity index (χ0) is 25.3. The summed E-state index contributed by atoms with van der Waals surface area (Å²) >= 11 is 0. The van der Waals surface area contributed by atoms with Crippen LogP contribution in [0.25, 0.3) is 0 Å². The maximum atomic E-state index is 10.9. The standard InChI is InChI=1S/C18H35N3O13/c19-7-12(27)14(5(2-23)30-16(7)29)33-18-9(21)13(28)15(6(3-24)32-18)34-17-8(20)11(26)10(25)4(1-22)31-17/h4-18,22-29H,1-3,19-21H2/p+3/t4-,5-,6-,7-,8-,9-,10-,11-,12-,13-,14-,15-,16-,17+,18+/m1/s1. The molecule has 3 heterocycles. The Morgan fingerprint density at radius 1 is 0.529 bits per heavy atom. The summed E-state index contributed by atoms with van der Waals surface area (Å²) < 4.78 is 27.9. The SMILES string of the molecule is [NH3+][C@@H]1[C@@H](O)[C@H](O[C@@H]2O[C@H](CO)[C@@H](O[C@@H]3O[C@H](CO)[C@@H](O)[C@H](O)[C@H]3[NH3+])[C@H](O)[C@H]2[NH3+])[C@@H](CO)O[C@H]1O. The lowest BCUT2D eigenvalue weighted by Crippen LogP contribution is -2.82. The van der Waals surface area contributed by atoms with Crippen LogP contribution in [0.15, 0.2) is 0 Å². The van der Waals surface area contributed by atoms with Gasteiger partial charge >= 0.3 is 0 Å². The lowest BCUT2D eigenvalue weighted by Gasteiger charge is -2.46. The van der Waals surface area contributed by atoms with Crippen LogP contribution in [0.4, 0.5) is 0 Å². The fourth-order valence-corrected chi connectivity index (χ4v) is 4.31. The molecule has 3 fully saturated rings. The van der Waals surface area contributed by atoms with Gasteiger partial charge in [-0.3, -0.25) is 0 Å². The number of aliphatic hydroxyl groups is 8. The van der Waals surface area contributed by atoms with Crippen molar-refractivity contribution in [3.05, 3.63) is 0 Å². The fraction of sp³-hybridized carbons (Fsp3) is 1.00. The van der Waals surface area contributed by atoms with E-state index in [1.807, 2.05) is 0 Å². The van der Waals surface area contributed by atoms with Gasteiger partial charge in [-0.25, -0.2) is 0 Å². The fourth-order valence-electron chi connectivity index (χ4n) is 4.31. The molecule has 200 valence electrons. The van der Waals surface area contributed by atoms with E-state index in [1.54, 1.807) is 0 Å². The van der Waals surface area contributed by atoms with Gasteiger partial charge in [-0.2, -0.15) is 0 Å². The number of hydrogen-bond acceptors (Lipinski definition) is 13. The molecule has 0 aromatic rings. The molecule has 17 N–H and O–H groups in total. The highest BCUT2D eigenvalue weighted by Crippen LogP contribution is 2.30. The molecule has 16 heteroatoms. The van der Waals surface area contributed by atoms with Gasteiger partial charge in [0.15, 0.2) is 18.1 Å². The summed E-state index contributed by atoms with van der Waals surface area (Å²) in [7, 11) is 0.